The van der Waals surface area contributed by atoms with Crippen LogP contribution in [0.5, 0.6) is 0 Å². The van der Waals surface area contributed by atoms with E-state index < -0.39 is 6.09 Å². The van der Waals surface area contributed by atoms with Crippen LogP contribution < -0.4 is 0 Å². The monoisotopic (exact) mass is 171 g/mol. The Morgan fingerprint density at radius 2 is 2.25 bits per heavy atom. The molecule has 0 aromatic heterocycles. The number of carbonyl (C=O) groups is 1. The summed E-state index contributed by atoms with van der Waals surface area (Å²) in [6.07, 6.45) is 2.23. The van der Waals surface area contributed by atoms with Crippen LogP contribution in [0.25, 0.3) is 0 Å². The number of amides is 1. The Bertz CT molecular complexity index is 212. The van der Waals surface area contributed by atoms with Crippen molar-refractivity contribution in [1.82, 2.24) is 4.90 Å². The highest BCUT2D eigenvalue weighted by Gasteiger charge is 2.53. The van der Waals surface area contributed by atoms with Gasteiger partial charge in [0.15, 0.2) is 0 Å². The molecule has 1 amide bonds. The van der Waals surface area contributed by atoms with E-state index in [4.69, 9.17) is 10.2 Å². The van der Waals surface area contributed by atoms with Crippen molar-refractivity contribution in [3.8, 4) is 0 Å². The van der Waals surface area contributed by atoms with Crippen LogP contribution in [0.15, 0.2) is 0 Å². The van der Waals surface area contributed by atoms with Crippen LogP contribution in [-0.4, -0.2) is 40.4 Å². The molecule has 1 aliphatic carbocycles. The minimum atomic E-state index is -0.891. The molecule has 4 heteroatoms. The molecule has 1 aliphatic heterocycles. The van der Waals surface area contributed by atoms with Gasteiger partial charge >= 0.3 is 6.09 Å². The predicted octanol–water partition coefficient (Wildman–Crippen LogP) is 0.511. The summed E-state index contributed by atoms with van der Waals surface area (Å²) in [6, 6.07) is -0.148. The summed E-state index contributed by atoms with van der Waals surface area (Å²) in [4.78, 5) is 12.1. The number of hydrogen-bond acceptors (Lipinski definition) is 2. The molecule has 1 saturated carbocycles. The molecule has 0 aromatic carbocycles. The van der Waals surface area contributed by atoms with Gasteiger partial charge in [0.1, 0.15) is 0 Å². The van der Waals surface area contributed by atoms with Gasteiger partial charge in [-0.1, -0.05) is 0 Å². The van der Waals surface area contributed by atoms with Crippen molar-refractivity contribution in [2.45, 2.75) is 25.3 Å². The Morgan fingerprint density at radius 3 is 2.58 bits per heavy atom. The van der Waals surface area contributed by atoms with Gasteiger partial charge in [0.05, 0.1) is 12.6 Å². The summed E-state index contributed by atoms with van der Waals surface area (Å²) in [5.74, 6) is 0. The Balaban J connectivity index is 2.07. The molecule has 68 valence electrons. The van der Waals surface area contributed by atoms with Crippen LogP contribution >= 0.6 is 0 Å². The molecule has 2 aliphatic rings. The molecule has 2 fully saturated rings. The quantitative estimate of drug-likeness (QED) is 0.604. The van der Waals surface area contributed by atoms with Gasteiger partial charge in [0, 0.05) is 6.54 Å². The highest BCUT2D eigenvalue weighted by Crippen LogP contribution is 2.54. The first-order valence-electron chi connectivity index (χ1n) is 4.27. The van der Waals surface area contributed by atoms with E-state index in [1.165, 1.54) is 4.90 Å². The molecule has 0 unspecified atom stereocenters. The highest BCUT2D eigenvalue weighted by molar-refractivity contribution is 5.66. The maximum absolute atomic E-state index is 10.7. The molecule has 0 aromatic rings. The third-order valence-electron chi connectivity index (χ3n) is 3.03. The third kappa shape index (κ3) is 1.06. The minimum absolute atomic E-state index is 0.0337. The number of hydrogen-bond donors (Lipinski definition) is 2. The summed E-state index contributed by atoms with van der Waals surface area (Å²) < 4.78 is 0. The molecule has 1 spiro atoms. The first-order chi connectivity index (χ1) is 5.67. The lowest BCUT2D eigenvalue weighted by Crippen LogP contribution is -2.36. The molecule has 2 rings (SSSR count). The fourth-order valence-electron chi connectivity index (χ4n) is 2.09. The second-order valence-electron chi connectivity index (χ2n) is 3.95. The second kappa shape index (κ2) is 2.36. The first-order valence-corrected chi connectivity index (χ1v) is 4.27. The van der Waals surface area contributed by atoms with Gasteiger partial charge in [-0.3, -0.25) is 0 Å². The lowest BCUT2D eigenvalue weighted by molar-refractivity contribution is 0.118. The average Bonchev–Trinajstić information content (AvgIpc) is 2.62. The fraction of sp³-hybridized carbons (Fsp3) is 0.875. The Hall–Kier alpha value is -0.770. The molecule has 1 atom stereocenters. The summed E-state index contributed by atoms with van der Waals surface area (Å²) in [5, 5.41) is 17.7. The van der Waals surface area contributed by atoms with E-state index in [-0.39, 0.29) is 18.1 Å². The molecule has 0 radical (unpaired) electrons. The molecular weight excluding hydrogens is 158 g/mol. The molecule has 12 heavy (non-hydrogen) atoms. The van der Waals surface area contributed by atoms with E-state index in [0.29, 0.717) is 6.54 Å². The number of carboxylic acid groups (broad SMARTS) is 1. The maximum atomic E-state index is 10.7. The number of likely N-dealkylation sites (tertiary alicyclic amines) is 1. The first kappa shape index (κ1) is 7.86. The SMILES string of the molecule is O=C(O)N1CC2(CC2)C[C@@H]1CO. The van der Waals surface area contributed by atoms with E-state index in [0.717, 1.165) is 19.3 Å². The molecule has 2 N–H and O–H groups in total. The van der Waals surface area contributed by atoms with Crippen LogP contribution in [0.2, 0.25) is 0 Å². The fourth-order valence-corrected chi connectivity index (χ4v) is 2.09. The van der Waals surface area contributed by atoms with Gasteiger partial charge in [-0.15, -0.1) is 0 Å². The van der Waals surface area contributed by atoms with Gasteiger partial charge in [0.2, 0.25) is 0 Å². The van der Waals surface area contributed by atoms with Gasteiger partial charge in [-0.2, -0.15) is 0 Å². The third-order valence-corrected chi connectivity index (χ3v) is 3.03. The Morgan fingerprint density at radius 1 is 1.58 bits per heavy atom. The average molecular weight is 171 g/mol. The Kier molecular flexibility index (Phi) is 1.54. The van der Waals surface area contributed by atoms with Crippen molar-refractivity contribution in [1.29, 1.82) is 0 Å². The van der Waals surface area contributed by atoms with E-state index in [9.17, 15) is 4.79 Å². The summed E-state index contributed by atoms with van der Waals surface area (Å²) in [6.45, 7) is 0.599. The van der Waals surface area contributed by atoms with E-state index >= 15 is 0 Å². The molecule has 4 nitrogen and oxygen atoms in total. The van der Waals surface area contributed by atoms with Crippen LogP contribution in [0.1, 0.15) is 19.3 Å². The summed E-state index contributed by atoms with van der Waals surface area (Å²) in [7, 11) is 0. The molecule has 1 heterocycles. The van der Waals surface area contributed by atoms with E-state index in [2.05, 4.69) is 0 Å². The number of aliphatic hydroxyl groups excluding tert-OH is 1. The van der Waals surface area contributed by atoms with Crippen LogP contribution in [0.4, 0.5) is 4.79 Å². The zero-order chi connectivity index (χ0) is 8.77. The number of aliphatic hydroxyl groups is 1. The highest BCUT2D eigenvalue weighted by atomic mass is 16.4. The van der Waals surface area contributed by atoms with Crippen LogP contribution in [-0.2, 0) is 0 Å². The maximum Gasteiger partial charge on any atom is 0.407 e. The topological polar surface area (TPSA) is 60.8 Å². The summed E-state index contributed by atoms with van der Waals surface area (Å²) in [5.41, 5.74) is 0.256. The van der Waals surface area contributed by atoms with Gasteiger partial charge in [-0.05, 0) is 24.7 Å². The standard InChI is InChI=1S/C8H13NO3/c10-4-6-3-8(1-2-8)5-9(6)7(11)12/h6,10H,1-5H2,(H,11,12)/t6-/m1/s1. The smallest absolute Gasteiger partial charge is 0.407 e. The summed E-state index contributed by atoms with van der Waals surface area (Å²) >= 11 is 0. The zero-order valence-electron chi connectivity index (χ0n) is 6.86. The van der Waals surface area contributed by atoms with Crippen molar-refractivity contribution < 1.29 is 15.0 Å². The Labute approximate surface area is 70.8 Å². The molecular formula is C8H13NO3. The van der Waals surface area contributed by atoms with E-state index in [1.807, 2.05) is 0 Å². The number of rotatable bonds is 1. The van der Waals surface area contributed by atoms with Gasteiger partial charge < -0.3 is 15.1 Å². The van der Waals surface area contributed by atoms with E-state index in [1.54, 1.807) is 0 Å². The van der Waals surface area contributed by atoms with Crippen LogP contribution in [0, 0.1) is 5.41 Å². The predicted molar refractivity (Wildman–Crippen MR) is 41.9 cm³/mol. The minimum Gasteiger partial charge on any atom is -0.465 e. The van der Waals surface area contributed by atoms with Crippen molar-refractivity contribution in [2.75, 3.05) is 13.2 Å². The largest absolute Gasteiger partial charge is 0.465 e. The lowest BCUT2D eigenvalue weighted by atomic mass is 10.0. The van der Waals surface area contributed by atoms with Crippen molar-refractivity contribution in [3.05, 3.63) is 0 Å². The van der Waals surface area contributed by atoms with Crippen LogP contribution in [0.3, 0.4) is 0 Å². The van der Waals surface area contributed by atoms with Crippen molar-refractivity contribution in [2.24, 2.45) is 5.41 Å². The van der Waals surface area contributed by atoms with Gasteiger partial charge in [0.25, 0.3) is 0 Å². The second-order valence-corrected chi connectivity index (χ2v) is 3.95. The normalized spacial score (nSPS) is 31.1. The molecule has 0 bridgehead atoms. The lowest BCUT2D eigenvalue weighted by Gasteiger charge is -2.18. The van der Waals surface area contributed by atoms with Crippen molar-refractivity contribution in [3.63, 3.8) is 0 Å². The zero-order valence-corrected chi connectivity index (χ0v) is 6.86. The number of nitrogens with zero attached hydrogens (tertiary/aromatic N) is 1. The van der Waals surface area contributed by atoms with Crippen molar-refractivity contribution >= 4 is 6.09 Å². The molecule has 1 saturated heterocycles. The van der Waals surface area contributed by atoms with Gasteiger partial charge in [-0.25, -0.2) is 4.79 Å².